The lowest BCUT2D eigenvalue weighted by Crippen LogP contribution is -2.67. The Morgan fingerprint density at radius 2 is 2.09 bits per heavy atom. The van der Waals surface area contributed by atoms with Crippen LogP contribution in [0.25, 0.3) is 0 Å². The van der Waals surface area contributed by atoms with Gasteiger partial charge in [-0.25, -0.2) is 0 Å². The van der Waals surface area contributed by atoms with Crippen LogP contribution >= 0.6 is 0 Å². The number of benzene rings is 2. The molecular weight excluding hydrogens is 422 g/mol. The summed E-state index contributed by atoms with van der Waals surface area (Å²) in [5, 5.41) is 3.29. The second kappa shape index (κ2) is 8.24. The van der Waals surface area contributed by atoms with Gasteiger partial charge in [0.2, 0.25) is 0 Å². The van der Waals surface area contributed by atoms with E-state index in [0.717, 1.165) is 56.6 Å². The minimum Gasteiger partial charge on any atom is -0.497 e. The summed E-state index contributed by atoms with van der Waals surface area (Å²) in [7, 11) is 1.77. The van der Waals surface area contributed by atoms with E-state index in [2.05, 4.69) is 40.6 Å². The van der Waals surface area contributed by atoms with Crippen molar-refractivity contribution in [2.24, 2.45) is 23.0 Å². The molecule has 0 aromatic heterocycles. The number of allylic oxidation sites excluding steroid dienone is 2. The van der Waals surface area contributed by atoms with Crippen LogP contribution in [0.4, 0.5) is 0 Å². The van der Waals surface area contributed by atoms with Crippen molar-refractivity contribution >= 4 is 5.91 Å². The number of ether oxygens (including phenoxy) is 1. The highest BCUT2D eigenvalue weighted by Crippen LogP contribution is 2.72. The minimum atomic E-state index is 0.0267. The predicted octanol–water partition coefficient (Wildman–Crippen LogP) is 3.53. The van der Waals surface area contributed by atoms with Gasteiger partial charge in [-0.05, 0) is 79.5 Å². The molecule has 2 aromatic rings. The molecule has 3 N–H and O–H groups in total. The first-order valence-corrected chi connectivity index (χ1v) is 12.7. The van der Waals surface area contributed by atoms with Crippen molar-refractivity contribution < 1.29 is 9.53 Å². The third kappa shape index (κ3) is 2.96. The zero-order valence-corrected chi connectivity index (χ0v) is 20.0. The van der Waals surface area contributed by atoms with Gasteiger partial charge in [-0.1, -0.05) is 36.4 Å². The van der Waals surface area contributed by atoms with E-state index in [1.54, 1.807) is 7.11 Å². The first-order valence-electron chi connectivity index (χ1n) is 12.7. The van der Waals surface area contributed by atoms with E-state index in [0.29, 0.717) is 24.4 Å². The molecule has 1 saturated heterocycles. The lowest BCUT2D eigenvalue weighted by atomic mass is 9.45. The van der Waals surface area contributed by atoms with Crippen LogP contribution in [0.1, 0.15) is 40.7 Å². The molecule has 34 heavy (non-hydrogen) atoms. The molecule has 3 aliphatic carbocycles. The van der Waals surface area contributed by atoms with Gasteiger partial charge >= 0.3 is 0 Å². The highest BCUT2D eigenvalue weighted by molar-refractivity contribution is 5.94. The summed E-state index contributed by atoms with van der Waals surface area (Å²) in [6.45, 7) is 3.46. The molecule has 4 aliphatic rings. The van der Waals surface area contributed by atoms with E-state index in [9.17, 15) is 4.79 Å². The fraction of sp³-hybridized carbons (Fsp3) is 0.483. The second-order valence-electron chi connectivity index (χ2n) is 10.6. The van der Waals surface area contributed by atoms with Gasteiger partial charge in [-0.15, -0.1) is 0 Å². The molecule has 178 valence electrons. The van der Waals surface area contributed by atoms with Crippen molar-refractivity contribution in [1.82, 2.24) is 10.2 Å². The van der Waals surface area contributed by atoms with Gasteiger partial charge in [0.1, 0.15) is 5.75 Å². The van der Waals surface area contributed by atoms with Crippen molar-refractivity contribution in [2.45, 2.75) is 37.1 Å². The van der Waals surface area contributed by atoms with E-state index in [4.69, 9.17) is 10.5 Å². The van der Waals surface area contributed by atoms with Crippen LogP contribution in [0.3, 0.4) is 0 Å². The van der Waals surface area contributed by atoms with Crippen molar-refractivity contribution in [3.05, 3.63) is 77.4 Å². The number of carbonyl (C=O) groups excluding carboxylic acids is 1. The molecule has 0 radical (unpaired) electrons. The van der Waals surface area contributed by atoms with Crippen molar-refractivity contribution in [1.29, 1.82) is 0 Å². The molecule has 1 saturated carbocycles. The molecule has 4 unspecified atom stereocenters. The summed E-state index contributed by atoms with van der Waals surface area (Å²) in [6.07, 6.45) is 9.38. The minimum absolute atomic E-state index is 0.0267. The maximum absolute atomic E-state index is 12.9. The maximum atomic E-state index is 12.9. The number of piperidine rings is 1. The molecule has 5 heteroatoms. The number of nitrogens with two attached hydrogens (primary N) is 1. The molecule has 2 aromatic carbocycles. The number of rotatable bonds is 6. The van der Waals surface area contributed by atoms with Gasteiger partial charge in [0.25, 0.3) is 5.91 Å². The van der Waals surface area contributed by atoms with Gasteiger partial charge < -0.3 is 15.8 Å². The average Bonchev–Trinajstić information content (AvgIpc) is 3.02. The molecule has 5 nitrogen and oxygen atoms in total. The number of nitrogens with one attached hydrogen (secondary N) is 1. The fourth-order valence-corrected chi connectivity index (χ4v) is 8.27. The zero-order valence-electron chi connectivity index (χ0n) is 20.0. The average molecular weight is 458 g/mol. The highest BCUT2D eigenvalue weighted by atomic mass is 16.5. The molecule has 1 amide bonds. The van der Waals surface area contributed by atoms with Gasteiger partial charge in [-0.3, -0.25) is 9.69 Å². The summed E-state index contributed by atoms with van der Waals surface area (Å²) in [5.74, 6) is 1.82. The van der Waals surface area contributed by atoms with Gasteiger partial charge in [-0.2, -0.15) is 0 Å². The maximum Gasteiger partial charge on any atom is 0.251 e. The number of hydrogen-bond donors (Lipinski definition) is 2. The smallest absolute Gasteiger partial charge is 0.251 e. The number of fused-ring (bicyclic) bond motifs is 1. The van der Waals surface area contributed by atoms with Gasteiger partial charge in [0.05, 0.1) is 7.11 Å². The molecule has 4 bridgehead atoms. The van der Waals surface area contributed by atoms with Crippen molar-refractivity contribution in [2.75, 3.05) is 33.3 Å². The van der Waals surface area contributed by atoms with Gasteiger partial charge in [0, 0.05) is 42.1 Å². The van der Waals surface area contributed by atoms with Crippen LogP contribution in [-0.4, -0.2) is 50.1 Å². The number of methoxy groups -OCH3 is 1. The number of carbonyl (C=O) groups is 1. The molecular formula is C29H35N3O2. The fourth-order valence-electron chi connectivity index (χ4n) is 8.27. The zero-order chi connectivity index (χ0) is 23.3. The number of likely N-dealkylation sites (tertiary alicyclic amines) is 1. The SMILES string of the molecule is COc1ccc2c(c1)C13CCN(CCN)C(C2)C12CC=CC3[C@H](CNC(=O)c1ccccc1)C2. The second-order valence-corrected chi connectivity index (χ2v) is 10.6. The predicted molar refractivity (Wildman–Crippen MR) is 134 cm³/mol. The summed E-state index contributed by atoms with van der Waals surface area (Å²) in [6, 6.07) is 16.8. The van der Waals surface area contributed by atoms with E-state index in [-0.39, 0.29) is 16.7 Å². The standard InChI is InChI=1S/C29H35N3O2/c1-34-23-10-9-21-16-26-28-11-5-8-24(29(28,25(21)17-23)12-14-32(26)15-13-30)22(18-28)19-31-27(33)20-6-3-2-4-7-20/h2-10,17,22,24,26H,11-16,18-19,30H2,1H3,(H,31,33)/t22-,24?,26?,28?,29?/m0/s1. The third-order valence-electron chi connectivity index (χ3n) is 9.48. The van der Waals surface area contributed by atoms with Crippen LogP contribution in [0.2, 0.25) is 0 Å². The largest absolute Gasteiger partial charge is 0.497 e. The third-order valence-corrected chi connectivity index (χ3v) is 9.48. The Morgan fingerprint density at radius 1 is 1.24 bits per heavy atom. The topological polar surface area (TPSA) is 67.6 Å². The van der Waals surface area contributed by atoms with Crippen LogP contribution in [0, 0.1) is 17.3 Å². The van der Waals surface area contributed by atoms with Crippen LogP contribution < -0.4 is 15.8 Å². The monoisotopic (exact) mass is 457 g/mol. The van der Waals surface area contributed by atoms with E-state index < -0.39 is 0 Å². The quantitative estimate of drug-likeness (QED) is 0.652. The van der Waals surface area contributed by atoms with E-state index >= 15 is 0 Å². The molecule has 6 rings (SSSR count). The first-order chi connectivity index (χ1) is 16.6. The Balaban J connectivity index is 1.40. The van der Waals surface area contributed by atoms with Crippen LogP contribution in [0.15, 0.2) is 60.7 Å². The Hall–Kier alpha value is -2.63. The Morgan fingerprint density at radius 3 is 2.88 bits per heavy atom. The Labute approximate surface area is 202 Å². The lowest BCUT2D eigenvalue weighted by Gasteiger charge is -2.64. The Bertz CT molecular complexity index is 1120. The van der Waals surface area contributed by atoms with Crippen LogP contribution in [-0.2, 0) is 11.8 Å². The first kappa shape index (κ1) is 21.9. The summed E-state index contributed by atoms with van der Waals surface area (Å²) >= 11 is 0. The van der Waals surface area contributed by atoms with Gasteiger partial charge in [0.15, 0.2) is 0 Å². The highest BCUT2D eigenvalue weighted by Gasteiger charge is 2.71. The Kier molecular flexibility index (Phi) is 5.30. The molecule has 1 aliphatic heterocycles. The van der Waals surface area contributed by atoms with E-state index in [1.807, 2.05) is 30.3 Å². The lowest BCUT2D eigenvalue weighted by molar-refractivity contribution is -0.0604. The molecule has 1 heterocycles. The van der Waals surface area contributed by atoms with Crippen LogP contribution in [0.5, 0.6) is 5.75 Å². The van der Waals surface area contributed by atoms with Crippen molar-refractivity contribution in [3.8, 4) is 5.75 Å². The molecule has 0 spiro atoms. The number of nitrogens with zero attached hydrogens (tertiary/aromatic N) is 1. The number of amides is 1. The molecule has 2 fully saturated rings. The van der Waals surface area contributed by atoms with Crippen molar-refractivity contribution in [3.63, 3.8) is 0 Å². The molecule has 5 atom stereocenters. The normalized spacial score (nSPS) is 33.2. The summed E-state index contributed by atoms with van der Waals surface area (Å²) in [4.78, 5) is 15.6. The van der Waals surface area contributed by atoms with E-state index in [1.165, 1.54) is 11.1 Å². The summed E-state index contributed by atoms with van der Waals surface area (Å²) < 4.78 is 5.70. The summed E-state index contributed by atoms with van der Waals surface area (Å²) in [5.41, 5.74) is 10.1. The number of hydrogen-bond acceptors (Lipinski definition) is 4.